The Balaban J connectivity index is 2.95. The molecule has 0 fully saturated rings. The van der Waals surface area contributed by atoms with E-state index in [4.69, 9.17) is 11.5 Å². The number of fused-ring (bicyclic) bond motifs is 1. The zero-order chi connectivity index (χ0) is 7.14. The van der Waals surface area contributed by atoms with Gasteiger partial charge in [-0.3, -0.25) is 0 Å². The standard InChI is InChI=1S/C5H6N4S/c6-3-1-4-9(5(3)7)8-2-10-4/h1-2H,6-7H2. The zero-order valence-electron chi connectivity index (χ0n) is 5.11. The number of hydrogen-bond donors (Lipinski definition) is 2. The first-order chi connectivity index (χ1) is 4.79. The second-order valence-electron chi connectivity index (χ2n) is 1.97. The summed E-state index contributed by atoms with van der Waals surface area (Å²) in [5.41, 5.74) is 13.4. The van der Waals surface area contributed by atoms with Crippen molar-refractivity contribution < 1.29 is 0 Å². The van der Waals surface area contributed by atoms with Crippen molar-refractivity contribution in [2.24, 2.45) is 0 Å². The Bertz CT molecular complexity index is 360. The number of rotatable bonds is 0. The molecule has 2 rings (SSSR count). The molecule has 0 aliphatic heterocycles. The lowest BCUT2D eigenvalue weighted by Crippen LogP contribution is -1.95. The first-order valence-electron chi connectivity index (χ1n) is 2.75. The van der Waals surface area contributed by atoms with Crippen molar-refractivity contribution in [3.05, 3.63) is 11.6 Å². The Morgan fingerprint density at radius 1 is 1.50 bits per heavy atom. The Morgan fingerprint density at radius 3 is 3.00 bits per heavy atom. The van der Waals surface area contributed by atoms with Gasteiger partial charge in [0.15, 0.2) is 0 Å². The predicted molar refractivity (Wildman–Crippen MR) is 41.9 cm³/mol. The van der Waals surface area contributed by atoms with Crippen molar-refractivity contribution in [3.63, 3.8) is 0 Å². The smallest absolute Gasteiger partial charge is 0.149 e. The summed E-state index contributed by atoms with van der Waals surface area (Å²) in [4.78, 5) is 0.981. The van der Waals surface area contributed by atoms with Crippen LogP contribution in [0.4, 0.5) is 11.5 Å². The largest absolute Gasteiger partial charge is 0.396 e. The fraction of sp³-hybridized carbons (Fsp3) is 0. The SMILES string of the molecule is Nc1cc2scnn2c1N. The maximum atomic E-state index is 5.56. The molecule has 5 heteroatoms. The van der Waals surface area contributed by atoms with E-state index in [0.717, 1.165) is 4.83 Å². The van der Waals surface area contributed by atoms with E-state index in [2.05, 4.69) is 5.10 Å². The van der Waals surface area contributed by atoms with Crippen LogP contribution >= 0.6 is 11.3 Å². The third-order valence-electron chi connectivity index (χ3n) is 1.35. The number of nitrogen functional groups attached to an aromatic ring is 2. The molecule has 2 aromatic rings. The molecular formula is C5H6N4S. The molecule has 0 saturated carbocycles. The van der Waals surface area contributed by atoms with Crippen LogP contribution in [-0.2, 0) is 0 Å². The van der Waals surface area contributed by atoms with E-state index < -0.39 is 0 Å². The molecule has 0 atom stereocenters. The quantitative estimate of drug-likeness (QED) is 0.582. The maximum Gasteiger partial charge on any atom is 0.149 e. The van der Waals surface area contributed by atoms with Gasteiger partial charge in [0.1, 0.15) is 16.2 Å². The van der Waals surface area contributed by atoms with Crippen LogP contribution in [0.25, 0.3) is 4.83 Å². The summed E-state index contributed by atoms with van der Waals surface area (Å²) in [5.74, 6) is 0.524. The number of nitrogens with two attached hydrogens (primary N) is 2. The molecule has 52 valence electrons. The topological polar surface area (TPSA) is 69.3 Å². The van der Waals surface area contributed by atoms with E-state index in [1.807, 2.05) is 6.07 Å². The Hall–Kier alpha value is -1.23. The predicted octanol–water partition coefficient (Wildman–Crippen LogP) is 0.560. The highest BCUT2D eigenvalue weighted by molar-refractivity contribution is 7.15. The molecule has 4 N–H and O–H groups in total. The highest BCUT2D eigenvalue weighted by atomic mass is 32.1. The molecule has 0 amide bonds. The Kier molecular flexibility index (Phi) is 0.906. The number of aromatic nitrogens is 2. The van der Waals surface area contributed by atoms with Gasteiger partial charge in [0.2, 0.25) is 0 Å². The molecule has 0 unspecified atom stereocenters. The molecule has 10 heavy (non-hydrogen) atoms. The van der Waals surface area contributed by atoms with Crippen LogP contribution in [0.3, 0.4) is 0 Å². The maximum absolute atomic E-state index is 5.56. The average molecular weight is 154 g/mol. The average Bonchev–Trinajstić information content (AvgIpc) is 2.41. The summed E-state index contributed by atoms with van der Waals surface area (Å²) < 4.78 is 1.62. The first kappa shape index (κ1) is 5.55. The summed E-state index contributed by atoms with van der Waals surface area (Å²) in [7, 11) is 0. The van der Waals surface area contributed by atoms with Crippen molar-refractivity contribution in [1.82, 2.24) is 9.61 Å². The van der Waals surface area contributed by atoms with Gasteiger partial charge in [0.25, 0.3) is 0 Å². The van der Waals surface area contributed by atoms with Gasteiger partial charge in [-0.1, -0.05) is 0 Å². The second kappa shape index (κ2) is 1.63. The molecule has 0 saturated heterocycles. The molecule has 0 aromatic carbocycles. The zero-order valence-corrected chi connectivity index (χ0v) is 5.93. The molecule has 2 aromatic heterocycles. The van der Waals surface area contributed by atoms with Gasteiger partial charge in [0, 0.05) is 6.07 Å². The van der Waals surface area contributed by atoms with Crippen molar-refractivity contribution in [2.45, 2.75) is 0 Å². The van der Waals surface area contributed by atoms with Crippen LogP contribution < -0.4 is 11.5 Å². The number of hydrogen-bond acceptors (Lipinski definition) is 4. The van der Waals surface area contributed by atoms with E-state index in [0.29, 0.717) is 11.5 Å². The normalized spacial score (nSPS) is 10.8. The summed E-state index contributed by atoms with van der Waals surface area (Å²) in [6.45, 7) is 0. The number of anilines is 2. The molecule has 0 radical (unpaired) electrons. The van der Waals surface area contributed by atoms with Crippen molar-refractivity contribution in [1.29, 1.82) is 0 Å². The fourth-order valence-electron chi connectivity index (χ4n) is 0.837. The van der Waals surface area contributed by atoms with Gasteiger partial charge in [-0.25, -0.2) is 4.52 Å². The molecule has 4 nitrogen and oxygen atoms in total. The lowest BCUT2D eigenvalue weighted by molar-refractivity contribution is 0.989. The van der Waals surface area contributed by atoms with Crippen molar-refractivity contribution in [3.8, 4) is 0 Å². The minimum Gasteiger partial charge on any atom is -0.396 e. The van der Waals surface area contributed by atoms with Crippen LogP contribution in [0, 0.1) is 0 Å². The monoisotopic (exact) mass is 154 g/mol. The molecule has 0 aliphatic carbocycles. The Labute approximate surface area is 61.1 Å². The van der Waals surface area contributed by atoms with Crippen LogP contribution in [0.2, 0.25) is 0 Å². The van der Waals surface area contributed by atoms with Gasteiger partial charge in [-0.15, -0.1) is 11.3 Å². The molecule has 0 bridgehead atoms. The van der Waals surface area contributed by atoms with Crippen LogP contribution in [0.5, 0.6) is 0 Å². The summed E-state index contributed by atoms with van der Waals surface area (Å²) in [6, 6.07) is 1.81. The summed E-state index contributed by atoms with van der Waals surface area (Å²) >= 11 is 1.51. The van der Waals surface area contributed by atoms with Crippen LogP contribution in [-0.4, -0.2) is 9.61 Å². The lowest BCUT2D eigenvalue weighted by atomic mass is 10.5. The molecule has 2 heterocycles. The van der Waals surface area contributed by atoms with Crippen LogP contribution in [0.15, 0.2) is 11.6 Å². The lowest BCUT2D eigenvalue weighted by Gasteiger charge is -1.87. The van der Waals surface area contributed by atoms with Crippen molar-refractivity contribution >= 4 is 27.7 Å². The summed E-state index contributed by atoms with van der Waals surface area (Å²) in [6.07, 6.45) is 0. The van der Waals surface area contributed by atoms with Gasteiger partial charge in [0.05, 0.1) is 5.69 Å². The van der Waals surface area contributed by atoms with Gasteiger partial charge < -0.3 is 11.5 Å². The number of nitrogens with zero attached hydrogens (tertiary/aromatic N) is 2. The van der Waals surface area contributed by atoms with E-state index in [9.17, 15) is 0 Å². The second-order valence-corrected chi connectivity index (χ2v) is 2.84. The van der Waals surface area contributed by atoms with E-state index >= 15 is 0 Å². The minimum atomic E-state index is 0.524. The van der Waals surface area contributed by atoms with Crippen LogP contribution in [0.1, 0.15) is 0 Å². The van der Waals surface area contributed by atoms with Gasteiger partial charge >= 0.3 is 0 Å². The summed E-state index contributed by atoms with van der Waals surface area (Å²) in [5, 5.41) is 3.97. The van der Waals surface area contributed by atoms with E-state index in [1.165, 1.54) is 11.3 Å². The first-order valence-corrected chi connectivity index (χ1v) is 3.63. The molecule has 0 spiro atoms. The fourth-order valence-corrected chi connectivity index (χ4v) is 1.53. The Morgan fingerprint density at radius 2 is 2.30 bits per heavy atom. The van der Waals surface area contributed by atoms with Gasteiger partial charge in [-0.2, -0.15) is 5.10 Å². The highest BCUT2D eigenvalue weighted by Gasteiger charge is 2.03. The molecular weight excluding hydrogens is 148 g/mol. The molecule has 0 aliphatic rings. The van der Waals surface area contributed by atoms with Gasteiger partial charge in [-0.05, 0) is 0 Å². The third kappa shape index (κ3) is 0.522. The van der Waals surface area contributed by atoms with Crippen molar-refractivity contribution in [2.75, 3.05) is 11.5 Å². The third-order valence-corrected chi connectivity index (χ3v) is 2.08. The minimum absolute atomic E-state index is 0.524. The van der Waals surface area contributed by atoms with E-state index in [-0.39, 0.29) is 0 Å². The highest BCUT2D eigenvalue weighted by Crippen LogP contribution is 2.22. The van der Waals surface area contributed by atoms with E-state index in [1.54, 1.807) is 10.0 Å².